The lowest BCUT2D eigenvalue weighted by Gasteiger charge is -2.14. The van der Waals surface area contributed by atoms with Crippen molar-refractivity contribution in [3.8, 4) is 0 Å². The summed E-state index contributed by atoms with van der Waals surface area (Å²) in [7, 11) is 0. The Morgan fingerprint density at radius 2 is 2.06 bits per heavy atom. The summed E-state index contributed by atoms with van der Waals surface area (Å²) >= 11 is 3.03. The third-order valence-electron chi connectivity index (χ3n) is 5.08. The molecule has 1 aliphatic rings. The summed E-state index contributed by atoms with van der Waals surface area (Å²) in [5.41, 5.74) is 2.74. The summed E-state index contributed by atoms with van der Waals surface area (Å²) in [6.45, 7) is 5.68. The second-order valence-electron chi connectivity index (χ2n) is 7.78. The van der Waals surface area contributed by atoms with Crippen LogP contribution in [0.1, 0.15) is 47.6 Å². The summed E-state index contributed by atoms with van der Waals surface area (Å²) in [5.74, 6) is 0.560. The number of thiophene rings is 1. The molecule has 4 rings (SSSR count). The number of nitrogens with zero attached hydrogens (tertiary/aromatic N) is 3. The molecule has 2 N–H and O–H groups in total. The fraction of sp³-hybridized carbons (Fsp3) is 0.364. The van der Waals surface area contributed by atoms with Crippen LogP contribution < -0.4 is 10.6 Å². The second kappa shape index (κ2) is 9.23. The van der Waals surface area contributed by atoms with E-state index in [0.29, 0.717) is 11.7 Å². The van der Waals surface area contributed by atoms with E-state index in [0.717, 1.165) is 41.4 Å². The van der Waals surface area contributed by atoms with E-state index < -0.39 is 11.3 Å². The predicted molar refractivity (Wildman–Crippen MR) is 124 cm³/mol. The van der Waals surface area contributed by atoms with E-state index in [-0.39, 0.29) is 5.91 Å². The smallest absolute Gasteiger partial charge is 0.307 e. The van der Waals surface area contributed by atoms with Crippen LogP contribution in [0.4, 0.5) is 10.5 Å². The Labute approximate surface area is 189 Å². The van der Waals surface area contributed by atoms with Crippen LogP contribution in [0, 0.1) is 13.8 Å². The summed E-state index contributed by atoms with van der Waals surface area (Å²) < 4.78 is 2.16. The molecule has 1 aliphatic carbocycles. The van der Waals surface area contributed by atoms with Crippen LogP contribution >= 0.6 is 23.1 Å². The number of urea groups is 1. The largest absolute Gasteiger partial charge is 0.325 e. The molecule has 1 unspecified atom stereocenters. The third kappa shape index (κ3) is 5.34. The normalized spacial score (nSPS) is 14.3. The van der Waals surface area contributed by atoms with E-state index in [4.69, 9.17) is 0 Å². The molecule has 0 saturated heterocycles. The maximum Gasteiger partial charge on any atom is 0.325 e. The number of aromatic nitrogens is 3. The zero-order chi connectivity index (χ0) is 22.0. The van der Waals surface area contributed by atoms with Gasteiger partial charge in [-0.1, -0.05) is 35.5 Å². The Morgan fingerprint density at radius 1 is 1.26 bits per heavy atom. The zero-order valence-electron chi connectivity index (χ0n) is 17.7. The Bertz CT molecular complexity index is 1090. The Kier molecular flexibility index (Phi) is 6.43. The van der Waals surface area contributed by atoms with Gasteiger partial charge in [0.2, 0.25) is 5.91 Å². The van der Waals surface area contributed by atoms with Crippen LogP contribution in [0.25, 0.3) is 0 Å². The molecule has 31 heavy (non-hydrogen) atoms. The number of thioether (sulfide) groups is 1. The number of nitrogens with one attached hydrogen (secondary N) is 2. The standard InChI is InChI=1S/C22H25N5O2S2/c1-13-6-9-18(14(2)11-13)23-21(29)24-20(28)15(3)31-22-26-25-19(27(22)16-7-8-16)12-17-5-4-10-30-17/h4-6,9-11,15-16H,7-8,12H2,1-3H3,(H2,23,24,28,29). The summed E-state index contributed by atoms with van der Waals surface area (Å²) in [6, 6.07) is 9.72. The first-order valence-corrected chi connectivity index (χ1v) is 12.0. The second-order valence-corrected chi connectivity index (χ2v) is 10.1. The van der Waals surface area contributed by atoms with Crippen LogP contribution in [0.3, 0.4) is 0 Å². The topological polar surface area (TPSA) is 88.9 Å². The lowest BCUT2D eigenvalue weighted by atomic mass is 10.1. The van der Waals surface area contributed by atoms with Gasteiger partial charge in [0.1, 0.15) is 5.82 Å². The van der Waals surface area contributed by atoms with Gasteiger partial charge >= 0.3 is 6.03 Å². The van der Waals surface area contributed by atoms with Crippen LogP contribution in [0.15, 0.2) is 40.9 Å². The van der Waals surface area contributed by atoms with Crippen molar-refractivity contribution in [2.45, 2.75) is 56.5 Å². The molecule has 0 aliphatic heterocycles. The van der Waals surface area contributed by atoms with Crippen molar-refractivity contribution in [2.24, 2.45) is 0 Å². The number of anilines is 1. The number of imide groups is 1. The highest BCUT2D eigenvalue weighted by atomic mass is 32.2. The molecule has 0 spiro atoms. The molecule has 1 fully saturated rings. The summed E-state index contributed by atoms with van der Waals surface area (Å²) in [6.07, 6.45) is 2.93. The van der Waals surface area contributed by atoms with Crippen molar-refractivity contribution in [1.29, 1.82) is 0 Å². The molecule has 2 heterocycles. The van der Waals surface area contributed by atoms with E-state index in [9.17, 15) is 9.59 Å². The minimum absolute atomic E-state index is 0.364. The third-order valence-corrected chi connectivity index (χ3v) is 7.01. The van der Waals surface area contributed by atoms with Crippen molar-refractivity contribution in [3.05, 3.63) is 57.5 Å². The van der Waals surface area contributed by atoms with Gasteiger partial charge in [-0.2, -0.15) is 0 Å². The number of carbonyl (C=O) groups excluding carboxylic acids is 2. The highest BCUT2D eigenvalue weighted by Gasteiger charge is 2.31. The van der Waals surface area contributed by atoms with Gasteiger partial charge in [0.05, 0.1) is 5.25 Å². The average molecular weight is 456 g/mol. The minimum atomic E-state index is -0.536. The molecule has 1 atom stereocenters. The van der Waals surface area contributed by atoms with Gasteiger partial charge in [-0.05, 0) is 56.7 Å². The SMILES string of the molecule is Cc1ccc(NC(=O)NC(=O)C(C)Sc2nnc(Cc3cccs3)n2C2CC2)c(C)c1. The molecular formula is C22H25N5O2S2. The summed E-state index contributed by atoms with van der Waals surface area (Å²) in [5, 5.41) is 16.2. The number of benzene rings is 1. The molecule has 1 saturated carbocycles. The highest BCUT2D eigenvalue weighted by Crippen LogP contribution is 2.40. The van der Waals surface area contributed by atoms with Crippen LogP contribution in [0.2, 0.25) is 0 Å². The number of rotatable bonds is 7. The predicted octanol–water partition coefficient (Wildman–Crippen LogP) is 4.71. The lowest BCUT2D eigenvalue weighted by molar-refractivity contribution is -0.119. The lowest BCUT2D eigenvalue weighted by Crippen LogP contribution is -2.39. The molecule has 0 radical (unpaired) electrons. The van der Waals surface area contributed by atoms with E-state index in [2.05, 4.69) is 36.8 Å². The van der Waals surface area contributed by atoms with Crippen LogP contribution in [-0.2, 0) is 11.2 Å². The van der Waals surface area contributed by atoms with Crippen molar-refractivity contribution in [2.75, 3.05) is 5.32 Å². The van der Waals surface area contributed by atoms with Gasteiger partial charge in [-0.15, -0.1) is 21.5 Å². The fourth-order valence-electron chi connectivity index (χ4n) is 3.31. The number of hydrogen-bond acceptors (Lipinski definition) is 6. The van der Waals surface area contributed by atoms with Gasteiger partial charge < -0.3 is 9.88 Å². The molecule has 0 bridgehead atoms. The molecule has 2 aromatic heterocycles. The van der Waals surface area contributed by atoms with Crippen molar-refractivity contribution >= 4 is 40.7 Å². The number of aryl methyl sites for hydroxylation is 2. The van der Waals surface area contributed by atoms with Gasteiger partial charge in [0.25, 0.3) is 0 Å². The fourth-order valence-corrected chi connectivity index (χ4v) is 4.95. The Morgan fingerprint density at radius 3 is 2.74 bits per heavy atom. The van der Waals surface area contributed by atoms with Crippen LogP contribution in [0.5, 0.6) is 0 Å². The molecule has 3 aromatic rings. The van der Waals surface area contributed by atoms with E-state index in [1.165, 1.54) is 16.6 Å². The van der Waals surface area contributed by atoms with E-state index in [1.54, 1.807) is 18.3 Å². The molecule has 1 aromatic carbocycles. The maximum absolute atomic E-state index is 12.6. The minimum Gasteiger partial charge on any atom is -0.307 e. The maximum atomic E-state index is 12.6. The van der Waals surface area contributed by atoms with E-state index in [1.807, 2.05) is 38.1 Å². The average Bonchev–Trinajstić information content (AvgIpc) is 3.28. The van der Waals surface area contributed by atoms with Crippen molar-refractivity contribution in [1.82, 2.24) is 20.1 Å². The van der Waals surface area contributed by atoms with Crippen molar-refractivity contribution in [3.63, 3.8) is 0 Å². The molecule has 3 amide bonds. The molecular weight excluding hydrogens is 430 g/mol. The Hall–Kier alpha value is -2.65. The summed E-state index contributed by atoms with van der Waals surface area (Å²) in [4.78, 5) is 26.1. The number of hydrogen-bond donors (Lipinski definition) is 2. The van der Waals surface area contributed by atoms with Gasteiger partial charge in [-0.25, -0.2) is 4.79 Å². The molecule has 9 heteroatoms. The monoisotopic (exact) mass is 455 g/mol. The quantitative estimate of drug-likeness (QED) is 0.504. The van der Waals surface area contributed by atoms with Gasteiger partial charge in [0.15, 0.2) is 5.16 Å². The van der Waals surface area contributed by atoms with E-state index >= 15 is 0 Å². The van der Waals surface area contributed by atoms with Gasteiger partial charge in [0, 0.05) is 23.0 Å². The molecule has 162 valence electrons. The first-order chi connectivity index (χ1) is 14.9. The number of amides is 3. The highest BCUT2D eigenvalue weighted by molar-refractivity contribution is 8.00. The zero-order valence-corrected chi connectivity index (χ0v) is 19.3. The first kappa shape index (κ1) is 21.6. The number of carbonyl (C=O) groups is 2. The first-order valence-electron chi connectivity index (χ1n) is 10.2. The van der Waals surface area contributed by atoms with Crippen LogP contribution in [-0.4, -0.2) is 32.0 Å². The Balaban J connectivity index is 1.38. The molecule has 7 nitrogen and oxygen atoms in total. The van der Waals surface area contributed by atoms with Crippen molar-refractivity contribution < 1.29 is 9.59 Å². The van der Waals surface area contributed by atoms with Gasteiger partial charge in [-0.3, -0.25) is 10.1 Å².